The Morgan fingerprint density at radius 1 is 1.06 bits per heavy atom. The van der Waals surface area contributed by atoms with E-state index in [9.17, 15) is 0 Å². The van der Waals surface area contributed by atoms with Crippen LogP contribution >= 0.6 is 0 Å². The fraction of sp³-hybridized carbons (Fsp3) is 0.625. The fourth-order valence-electron chi connectivity index (χ4n) is 2.90. The molecule has 0 amide bonds. The number of benzene rings is 1. The summed E-state index contributed by atoms with van der Waals surface area (Å²) < 4.78 is 0. The van der Waals surface area contributed by atoms with Crippen LogP contribution < -0.4 is 5.32 Å². The van der Waals surface area contributed by atoms with Crippen molar-refractivity contribution in [3.8, 4) is 0 Å². The molecule has 1 aromatic carbocycles. The van der Waals surface area contributed by atoms with Gasteiger partial charge in [-0.15, -0.1) is 0 Å². The van der Waals surface area contributed by atoms with E-state index >= 15 is 0 Å². The Morgan fingerprint density at radius 3 is 2.06 bits per heavy atom. The van der Waals surface area contributed by atoms with Gasteiger partial charge in [-0.2, -0.15) is 0 Å². The Hall–Kier alpha value is -0.820. The van der Waals surface area contributed by atoms with Crippen molar-refractivity contribution in [2.45, 2.75) is 66.5 Å². The van der Waals surface area contributed by atoms with Crippen molar-refractivity contribution < 1.29 is 0 Å². The number of nitrogens with one attached hydrogen (secondary N) is 1. The molecule has 1 rings (SSSR count). The zero-order chi connectivity index (χ0) is 13.0. The van der Waals surface area contributed by atoms with Crippen LogP contribution in [0.1, 0.15) is 61.9 Å². The second-order valence-corrected chi connectivity index (χ2v) is 5.39. The summed E-state index contributed by atoms with van der Waals surface area (Å²) in [6.07, 6.45) is 2.49. The number of aryl methyl sites for hydroxylation is 3. The molecule has 0 radical (unpaired) electrons. The molecule has 0 spiro atoms. The van der Waals surface area contributed by atoms with E-state index in [1.54, 1.807) is 0 Å². The van der Waals surface area contributed by atoms with Crippen LogP contribution in [0, 0.1) is 20.8 Å². The van der Waals surface area contributed by atoms with E-state index in [4.69, 9.17) is 0 Å². The average molecular weight is 233 g/mol. The third-order valence-corrected chi connectivity index (χ3v) is 3.43. The first-order chi connectivity index (χ1) is 7.95. The molecule has 0 aliphatic rings. The van der Waals surface area contributed by atoms with Crippen molar-refractivity contribution in [1.82, 2.24) is 5.32 Å². The lowest BCUT2D eigenvalue weighted by Crippen LogP contribution is -2.29. The molecule has 96 valence electrons. The van der Waals surface area contributed by atoms with Crippen molar-refractivity contribution in [3.05, 3.63) is 34.4 Å². The highest BCUT2D eigenvalue weighted by Crippen LogP contribution is 2.23. The molecule has 2 atom stereocenters. The van der Waals surface area contributed by atoms with Gasteiger partial charge in [-0.1, -0.05) is 31.0 Å². The summed E-state index contributed by atoms with van der Waals surface area (Å²) in [7, 11) is 0. The molecule has 0 fully saturated rings. The molecular weight excluding hydrogens is 206 g/mol. The smallest absolute Gasteiger partial charge is 0.0299 e. The Balaban J connectivity index is 2.85. The van der Waals surface area contributed by atoms with Gasteiger partial charge >= 0.3 is 0 Å². The third kappa shape index (κ3) is 3.85. The molecule has 0 saturated heterocycles. The summed E-state index contributed by atoms with van der Waals surface area (Å²) >= 11 is 0. The molecule has 1 N–H and O–H groups in total. The lowest BCUT2D eigenvalue weighted by molar-refractivity contribution is 0.450. The van der Waals surface area contributed by atoms with Crippen molar-refractivity contribution in [2.24, 2.45) is 0 Å². The number of rotatable bonds is 5. The average Bonchev–Trinajstić information content (AvgIpc) is 2.15. The molecule has 0 bridgehead atoms. The standard InChI is InChI=1S/C16H27N/c1-7-8-14(5)17-15(6)16-12(3)9-11(2)10-13(16)4/h9-10,14-15,17H,7-8H2,1-6H3. The molecule has 1 nitrogen and oxygen atoms in total. The fourth-order valence-corrected chi connectivity index (χ4v) is 2.90. The maximum absolute atomic E-state index is 3.70. The van der Waals surface area contributed by atoms with Crippen LogP contribution in [0.2, 0.25) is 0 Å². The topological polar surface area (TPSA) is 12.0 Å². The maximum Gasteiger partial charge on any atom is 0.0299 e. The van der Waals surface area contributed by atoms with Gasteiger partial charge in [-0.3, -0.25) is 0 Å². The maximum atomic E-state index is 3.70. The molecule has 0 aromatic heterocycles. The van der Waals surface area contributed by atoms with Crippen molar-refractivity contribution in [3.63, 3.8) is 0 Å². The Labute approximate surface area is 107 Å². The monoisotopic (exact) mass is 233 g/mol. The highest BCUT2D eigenvalue weighted by Gasteiger charge is 2.13. The third-order valence-electron chi connectivity index (χ3n) is 3.43. The number of hydrogen-bond donors (Lipinski definition) is 1. The normalized spacial score (nSPS) is 14.7. The summed E-state index contributed by atoms with van der Waals surface area (Å²) in [5, 5.41) is 3.70. The van der Waals surface area contributed by atoms with Crippen LogP contribution in [0.15, 0.2) is 12.1 Å². The van der Waals surface area contributed by atoms with Gasteiger partial charge in [0.05, 0.1) is 0 Å². The van der Waals surface area contributed by atoms with Crippen LogP contribution in [0.25, 0.3) is 0 Å². The van der Waals surface area contributed by atoms with Crippen LogP contribution in [-0.2, 0) is 0 Å². The lowest BCUT2D eigenvalue weighted by Gasteiger charge is -2.23. The highest BCUT2D eigenvalue weighted by molar-refractivity contribution is 5.39. The lowest BCUT2D eigenvalue weighted by atomic mass is 9.94. The van der Waals surface area contributed by atoms with E-state index in [2.05, 4.69) is 59.0 Å². The van der Waals surface area contributed by atoms with E-state index in [-0.39, 0.29) is 0 Å². The first-order valence-corrected chi connectivity index (χ1v) is 6.79. The molecule has 0 saturated carbocycles. The van der Waals surface area contributed by atoms with Crippen LogP contribution in [0.4, 0.5) is 0 Å². The molecule has 0 heterocycles. The summed E-state index contributed by atoms with van der Waals surface area (Å²) in [4.78, 5) is 0. The van der Waals surface area contributed by atoms with Crippen LogP contribution in [0.5, 0.6) is 0 Å². The Morgan fingerprint density at radius 2 is 1.59 bits per heavy atom. The molecule has 0 aliphatic heterocycles. The minimum absolute atomic E-state index is 0.442. The minimum Gasteiger partial charge on any atom is -0.308 e. The molecular formula is C16H27N. The summed E-state index contributed by atoms with van der Waals surface area (Å²) in [6, 6.07) is 5.60. The van der Waals surface area contributed by atoms with Gasteiger partial charge in [-0.05, 0) is 57.7 Å². The number of hydrogen-bond acceptors (Lipinski definition) is 1. The largest absolute Gasteiger partial charge is 0.308 e. The summed E-state index contributed by atoms with van der Waals surface area (Å²) in [5.41, 5.74) is 5.65. The predicted octanol–water partition coefficient (Wildman–Crippen LogP) is 4.45. The van der Waals surface area contributed by atoms with Gasteiger partial charge in [0.1, 0.15) is 0 Å². The zero-order valence-corrected chi connectivity index (χ0v) is 12.2. The minimum atomic E-state index is 0.442. The molecule has 1 heteroatoms. The predicted molar refractivity (Wildman–Crippen MR) is 76.6 cm³/mol. The van der Waals surface area contributed by atoms with Crippen molar-refractivity contribution in [2.75, 3.05) is 0 Å². The van der Waals surface area contributed by atoms with Gasteiger partial charge in [0.25, 0.3) is 0 Å². The van der Waals surface area contributed by atoms with E-state index in [0.717, 1.165) is 0 Å². The Kier molecular flexibility index (Phi) is 5.20. The van der Waals surface area contributed by atoms with Gasteiger partial charge in [0.15, 0.2) is 0 Å². The Bertz CT molecular complexity index is 345. The van der Waals surface area contributed by atoms with E-state index in [0.29, 0.717) is 12.1 Å². The van der Waals surface area contributed by atoms with Gasteiger partial charge in [-0.25, -0.2) is 0 Å². The first-order valence-electron chi connectivity index (χ1n) is 6.79. The second kappa shape index (κ2) is 6.20. The van der Waals surface area contributed by atoms with E-state index < -0.39 is 0 Å². The van der Waals surface area contributed by atoms with Gasteiger partial charge in [0, 0.05) is 12.1 Å². The van der Waals surface area contributed by atoms with Crippen molar-refractivity contribution >= 4 is 0 Å². The second-order valence-electron chi connectivity index (χ2n) is 5.39. The van der Waals surface area contributed by atoms with E-state index in [1.807, 2.05) is 0 Å². The SMILES string of the molecule is CCCC(C)NC(C)c1c(C)cc(C)cc1C. The highest BCUT2D eigenvalue weighted by atomic mass is 14.9. The first kappa shape index (κ1) is 14.2. The van der Waals surface area contributed by atoms with Crippen LogP contribution in [0.3, 0.4) is 0 Å². The summed E-state index contributed by atoms with van der Waals surface area (Å²) in [6.45, 7) is 13.4. The van der Waals surface area contributed by atoms with Gasteiger partial charge < -0.3 is 5.32 Å². The molecule has 1 aromatic rings. The quantitative estimate of drug-likeness (QED) is 0.792. The molecule has 0 aliphatic carbocycles. The molecule has 2 unspecified atom stereocenters. The van der Waals surface area contributed by atoms with Crippen molar-refractivity contribution in [1.29, 1.82) is 0 Å². The molecule has 17 heavy (non-hydrogen) atoms. The zero-order valence-electron chi connectivity index (χ0n) is 12.2. The van der Waals surface area contributed by atoms with Crippen LogP contribution in [-0.4, -0.2) is 6.04 Å². The van der Waals surface area contributed by atoms with Gasteiger partial charge in [0.2, 0.25) is 0 Å². The van der Waals surface area contributed by atoms with E-state index in [1.165, 1.54) is 35.1 Å². The summed E-state index contributed by atoms with van der Waals surface area (Å²) in [5.74, 6) is 0.